The van der Waals surface area contributed by atoms with Crippen molar-refractivity contribution in [3.05, 3.63) is 89.5 Å². The predicted molar refractivity (Wildman–Crippen MR) is 125 cm³/mol. The SMILES string of the molecule is COc1ccc(C(=O)NCc2ccccc2COc2ccccc2)cc1S(=O)(=O)NC1CC1. The number of para-hydroxylation sites is 1. The Morgan fingerprint density at radius 1 is 0.970 bits per heavy atom. The van der Waals surface area contributed by atoms with Gasteiger partial charge in [-0.25, -0.2) is 13.1 Å². The van der Waals surface area contributed by atoms with E-state index in [1.54, 1.807) is 6.07 Å². The van der Waals surface area contributed by atoms with Gasteiger partial charge in [-0.05, 0) is 54.3 Å². The lowest BCUT2D eigenvalue weighted by atomic mass is 10.1. The molecule has 0 aliphatic heterocycles. The van der Waals surface area contributed by atoms with E-state index in [0.29, 0.717) is 6.61 Å². The van der Waals surface area contributed by atoms with Gasteiger partial charge >= 0.3 is 0 Å². The van der Waals surface area contributed by atoms with Gasteiger partial charge in [0.15, 0.2) is 0 Å². The van der Waals surface area contributed by atoms with Crippen molar-refractivity contribution in [3.8, 4) is 11.5 Å². The lowest BCUT2D eigenvalue weighted by Crippen LogP contribution is -2.27. The van der Waals surface area contributed by atoms with Gasteiger partial charge in [-0.2, -0.15) is 0 Å². The van der Waals surface area contributed by atoms with Crippen molar-refractivity contribution in [2.75, 3.05) is 7.11 Å². The van der Waals surface area contributed by atoms with E-state index in [-0.39, 0.29) is 34.7 Å². The lowest BCUT2D eigenvalue weighted by Gasteiger charge is -2.14. The van der Waals surface area contributed by atoms with Gasteiger partial charge in [0, 0.05) is 18.2 Å². The average molecular weight is 467 g/mol. The highest BCUT2D eigenvalue weighted by Gasteiger charge is 2.30. The smallest absolute Gasteiger partial charge is 0.251 e. The zero-order chi connectivity index (χ0) is 23.3. The van der Waals surface area contributed by atoms with Gasteiger partial charge in [-0.15, -0.1) is 0 Å². The van der Waals surface area contributed by atoms with Gasteiger partial charge in [-0.1, -0.05) is 42.5 Å². The predicted octanol–water partition coefficient (Wildman–Crippen LogP) is 3.64. The Balaban J connectivity index is 1.45. The normalized spacial score (nSPS) is 13.4. The van der Waals surface area contributed by atoms with Gasteiger partial charge in [-0.3, -0.25) is 4.79 Å². The molecule has 4 rings (SSSR count). The second-order valence-corrected chi connectivity index (χ2v) is 9.50. The molecular formula is C25H26N2O5S. The third-order valence-electron chi connectivity index (χ3n) is 5.31. The summed E-state index contributed by atoms with van der Waals surface area (Å²) in [5, 5.41) is 2.87. The summed E-state index contributed by atoms with van der Waals surface area (Å²) in [5.74, 6) is 0.588. The molecule has 7 nitrogen and oxygen atoms in total. The molecule has 1 aliphatic rings. The van der Waals surface area contributed by atoms with Gasteiger partial charge in [0.2, 0.25) is 10.0 Å². The molecule has 8 heteroatoms. The molecule has 0 heterocycles. The number of benzene rings is 3. The van der Waals surface area contributed by atoms with Crippen molar-refractivity contribution in [2.24, 2.45) is 0 Å². The summed E-state index contributed by atoms with van der Waals surface area (Å²) in [6.07, 6.45) is 1.63. The van der Waals surface area contributed by atoms with Crippen LogP contribution in [0, 0.1) is 0 Å². The van der Waals surface area contributed by atoms with Gasteiger partial charge in [0.05, 0.1) is 7.11 Å². The molecule has 33 heavy (non-hydrogen) atoms. The molecule has 1 aliphatic carbocycles. The molecule has 0 aromatic heterocycles. The molecule has 3 aromatic rings. The van der Waals surface area contributed by atoms with Gasteiger partial charge < -0.3 is 14.8 Å². The number of rotatable bonds is 10. The van der Waals surface area contributed by atoms with Crippen LogP contribution in [0.1, 0.15) is 34.3 Å². The number of hydrogen-bond donors (Lipinski definition) is 2. The fourth-order valence-corrected chi connectivity index (χ4v) is 4.84. The Kier molecular flexibility index (Phi) is 6.96. The Bertz CT molecular complexity index is 1220. The van der Waals surface area contributed by atoms with Gasteiger partial charge in [0.1, 0.15) is 23.0 Å². The first-order chi connectivity index (χ1) is 16.0. The van der Waals surface area contributed by atoms with E-state index < -0.39 is 10.0 Å². The third kappa shape index (κ3) is 5.91. The van der Waals surface area contributed by atoms with Crippen molar-refractivity contribution < 1.29 is 22.7 Å². The molecule has 2 N–H and O–H groups in total. The fourth-order valence-electron chi connectivity index (χ4n) is 3.34. The highest BCUT2D eigenvalue weighted by molar-refractivity contribution is 7.89. The molecule has 0 bridgehead atoms. The van der Waals surface area contributed by atoms with Crippen molar-refractivity contribution in [2.45, 2.75) is 36.9 Å². The van der Waals surface area contributed by atoms with E-state index in [0.717, 1.165) is 29.7 Å². The standard InChI is InChI=1S/C25H26N2O5S/c1-31-23-14-11-18(15-24(23)33(29,30)27-21-12-13-21)25(28)26-16-19-7-5-6-8-20(19)17-32-22-9-3-2-4-10-22/h2-11,14-15,21,27H,12-13,16-17H2,1H3,(H,26,28). The summed E-state index contributed by atoms with van der Waals surface area (Å²) >= 11 is 0. The number of amides is 1. The second kappa shape index (κ2) is 10.1. The van der Waals surface area contributed by atoms with E-state index in [2.05, 4.69) is 10.0 Å². The monoisotopic (exact) mass is 466 g/mol. The van der Waals surface area contributed by atoms with Gasteiger partial charge in [0.25, 0.3) is 5.91 Å². The minimum absolute atomic E-state index is 0.0405. The van der Waals surface area contributed by atoms with Crippen LogP contribution in [0.3, 0.4) is 0 Å². The minimum atomic E-state index is -3.77. The number of ether oxygens (including phenoxy) is 2. The first kappa shape index (κ1) is 22.8. The van der Waals surface area contributed by atoms with Crippen molar-refractivity contribution >= 4 is 15.9 Å². The zero-order valence-electron chi connectivity index (χ0n) is 18.3. The first-order valence-corrected chi connectivity index (χ1v) is 12.2. The molecule has 0 atom stereocenters. The van der Waals surface area contributed by atoms with Crippen LogP contribution in [0.5, 0.6) is 11.5 Å². The highest BCUT2D eigenvalue weighted by atomic mass is 32.2. The van der Waals surface area contributed by atoms with Crippen LogP contribution in [0.2, 0.25) is 0 Å². The quantitative estimate of drug-likeness (QED) is 0.476. The van der Waals surface area contributed by atoms with Crippen molar-refractivity contribution in [1.82, 2.24) is 10.0 Å². The Morgan fingerprint density at radius 2 is 1.67 bits per heavy atom. The van der Waals surface area contributed by atoms with E-state index in [1.807, 2.05) is 54.6 Å². The average Bonchev–Trinajstić information content (AvgIpc) is 3.65. The number of carbonyl (C=O) groups is 1. The van der Waals surface area contributed by atoms with E-state index in [4.69, 9.17) is 9.47 Å². The van der Waals surface area contributed by atoms with Crippen LogP contribution >= 0.6 is 0 Å². The molecule has 1 amide bonds. The van der Waals surface area contributed by atoms with Crippen LogP contribution in [-0.4, -0.2) is 27.5 Å². The molecule has 0 saturated heterocycles. The second-order valence-electron chi connectivity index (χ2n) is 7.81. The van der Waals surface area contributed by atoms with Crippen molar-refractivity contribution in [3.63, 3.8) is 0 Å². The largest absolute Gasteiger partial charge is 0.495 e. The molecule has 1 fully saturated rings. The Morgan fingerprint density at radius 3 is 2.36 bits per heavy atom. The van der Waals surface area contributed by atoms with Crippen LogP contribution < -0.4 is 19.5 Å². The van der Waals surface area contributed by atoms with Crippen LogP contribution in [0.25, 0.3) is 0 Å². The first-order valence-electron chi connectivity index (χ1n) is 10.7. The van der Waals surface area contributed by atoms with E-state index in [1.165, 1.54) is 19.2 Å². The van der Waals surface area contributed by atoms with Crippen LogP contribution in [0.4, 0.5) is 0 Å². The maximum atomic E-state index is 12.8. The molecule has 0 unspecified atom stereocenters. The summed E-state index contributed by atoms with van der Waals surface area (Å²) in [6.45, 7) is 0.648. The topological polar surface area (TPSA) is 93.7 Å². The Hall–Kier alpha value is -3.36. The number of sulfonamides is 1. The highest BCUT2D eigenvalue weighted by Crippen LogP contribution is 2.28. The van der Waals surface area contributed by atoms with Crippen molar-refractivity contribution in [1.29, 1.82) is 0 Å². The zero-order valence-corrected chi connectivity index (χ0v) is 19.1. The van der Waals surface area contributed by atoms with E-state index in [9.17, 15) is 13.2 Å². The maximum Gasteiger partial charge on any atom is 0.251 e. The molecule has 0 spiro atoms. The van der Waals surface area contributed by atoms with Crippen LogP contribution in [0.15, 0.2) is 77.7 Å². The summed E-state index contributed by atoms with van der Waals surface area (Å²) in [6, 6.07) is 21.6. The summed E-state index contributed by atoms with van der Waals surface area (Å²) < 4.78 is 39.1. The molecule has 0 radical (unpaired) electrons. The lowest BCUT2D eigenvalue weighted by molar-refractivity contribution is 0.0950. The molecule has 1 saturated carbocycles. The summed E-state index contributed by atoms with van der Waals surface area (Å²) in [7, 11) is -2.37. The third-order valence-corrected chi connectivity index (χ3v) is 6.85. The summed E-state index contributed by atoms with van der Waals surface area (Å²) in [4.78, 5) is 12.8. The molecular weight excluding hydrogens is 440 g/mol. The maximum absolute atomic E-state index is 12.8. The number of hydrogen-bond acceptors (Lipinski definition) is 5. The van der Waals surface area contributed by atoms with E-state index >= 15 is 0 Å². The number of methoxy groups -OCH3 is 1. The number of nitrogens with one attached hydrogen (secondary N) is 2. The minimum Gasteiger partial charge on any atom is -0.495 e. The number of carbonyl (C=O) groups excluding carboxylic acids is 1. The Labute approximate surface area is 193 Å². The fraction of sp³-hybridized carbons (Fsp3) is 0.240. The molecule has 172 valence electrons. The summed E-state index contributed by atoms with van der Waals surface area (Å²) in [5.41, 5.74) is 2.11. The van der Waals surface area contributed by atoms with Crippen LogP contribution in [-0.2, 0) is 23.2 Å². The molecule has 3 aromatic carbocycles.